The van der Waals surface area contributed by atoms with E-state index in [4.69, 9.17) is 4.52 Å². The summed E-state index contributed by atoms with van der Waals surface area (Å²) in [4.78, 5) is 18.1. The molecule has 1 amide bonds. The lowest BCUT2D eigenvalue weighted by Gasteiger charge is -2.10. The SMILES string of the molecule is Cc1cc(C(=O)N(C)c2nc3ccccc3s2)on1. The van der Waals surface area contributed by atoms with Gasteiger partial charge in [-0.05, 0) is 19.1 Å². The van der Waals surface area contributed by atoms with Crippen LogP contribution in [-0.2, 0) is 0 Å². The maximum absolute atomic E-state index is 12.2. The van der Waals surface area contributed by atoms with Crippen molar-refractivity contribution in [1.82, 2.24) is 10.1 Å². The molecule has 6 heteroatoms. The van der Waals surface area contributed by atoms with E-state index in [1.54, 1.807) is 20.0 Å². The molecule has 0 saturated carbocycles. The molecule has 0 spiro atoms. The predicted octanol–water partition coefficient (Wildman–Crippen LogP) is 2.87. The minimum atomic E-state index is -0.250. The number of aromatic nitrogens is 2. The van der Waals surface area contributed by atoms with E-state index >= 15 is 0 Å². The fourth-order valence-electron chi connectivity index (χ4n) is 1.72. The van der Waals surface area contributed by atoms with E-state index in [1.807, 2.05) is 24.3 Å². The Morgan fingerprint density at radius 1 is 1.37 bits per heavy atom. The molecule has 0 radical (unpaired) electrons. The first-order valence-corrected chi connectivity index (χ1v) is 6.54. The molecule has 0 bridgehead atoms. The van der Waals surface area contributed by atoms with Crippen molar-refractivity contribution in [3.8, 4) is 0 Å². The minimum Gasteiger partial charge on any atom is -0.351 e. The zero-order valence-electron chi connectivity index (χ0n) is 10.5. The van der Waals surface area contributed by atoms with E-state index in [0.717, 1.165) is 10.2 Å². The van der Waals surface area contributed by atoms with Gasteiger partial charge in [-0.3, -0.25) is 9.69 Å². The van der Waals surface area contributed by atoms with Crippen molar-refractivity contribution in [2.75, 3.05) is 11.9 Å². The largest absolute Gasteiger partial charge is 0.351 e. The number of anilines is 1. The molecule has 2 heterocycles. The summed E-state index contributed by atoms with van der Waals surface area (Å²) in [5.74, 6) is -0.0288. The summed E-state index contributed by atoms with van der Waals surface area (Å²) in [6, 6.07) is 9.39. The molecule has 96 valence electrons. The molecular formula is C13H11N3O2S. The standard InChI is InChI=1S/C13H11N3O2S/c1-8-7-10(18-15-8)12(17)16(2)13-14-9-5-3-4-6-11(9)19-13/h3-7H,1-2H3. The van der Waals surface area contributed by atoms with Crippen molar-refractivity contribution < 1.29 is 9.32 Å². The second-order valence-corrected chi connectivity index (χ2v) is 5.17. The quantitative estimate of drug-likeness (QED) is 0.720. The Kier molecular flexibility index (Phi) is 2.79. The number of benzene rings is 1. The Morgan fingerprint density at radius 3 is 2.84 bits per heavy atom. The number of nitrogens with zero attached hydrogens (tertiary/aromatic N) is 3. The van der Waals surface area contributed by atoms with Crippen LogP contribution in [0.4, 0.5) is 5.13 Å². The summed E-state index contributed by atoms with van der Waals surface area (Å²) in [7, 11) is 1.68. The van der Waals surface area contributed by atoms with Crippen molar-refractivity contribution in [2.24, 2.45) is 0 Å². The zero-order chi connectivity index (χ0) is 13.4. The van der Waals surface area contributed by atoms with E-state index in [2.05, 4.69) is 10.1 Å². The smallest absolute Gasteiger partial charge is 0.298 e. The van der Waals surface area contributed by atoms with Gasteiger partial charge in [0.2, 0.25) is 5.76 Å². The number of rotatable bonds is 2. The minimum absolute atomic E-state index is 0.222. The number of fused-ring (bicyclic) bond motifs is 1. The third-order valence-electron chi connectivity index (χ3n) is 2.71. The molecule has 2 aromatic heterocycles. The fourth-order valence-corrected chi connectivity index (χ4v) is 2.65. The summed E-state index contributed by atoms with van der Waals surface area (Å²) in [6.07, 6.45) is 0. The van der Waals surface area contributed by atoms with Gasteiger partial charge in [-0.1, -0.05) is 28.6 Å². The normalized spacial score (nSPS) is 10.8. The number of para-hydroxylation sites is 1. The number of thiazole rings is 1. The van der Waals surface area contributed by atoms with Crippen LogP contribution in [0, 0.1) is 6.92 Å². The van der Waals surface area contributed by atoms with Gasteiger partial charge < -0.3 is 4.52 Å². The van der Waals surface area contributed by atoms with E-state index in [-0.39, 0.29) is 11.7 Å². The molecule has 0 unspecified atom stereocenters. The van der Waals surface area contributed by atoms with Gasteiger partial charge in [0.05, 0.1) is 15.9 Å². The summed E-state index contributed by atoms with van der Waals surface area (Å²) in [5.41, 5.74) is 1.57. The first kappa shape index (κ1) is 11.9. The fraction of sp³-hybridized carbons (Fsp3) is 0.154. The van der Waals surface area contributed by atoms with Crippen LogP contribution in [0.3, 0.4) is 0 Å². The molecule has 3 aromatic rings. The summed E-state index contributed by atoms with van der Waals surface area (Å²) >= 11 is 1.47. The predicted molar refractivity (Wildman–Crippen MR) is 73.6 cm³/mol. The van der Waals surface area contributed by atoms with Gasteiger partial charge in [-0.15, -0.1) is 0 Å². The maximum Gasteiger partial charge on any atom is 0.298 e. The van der Waals surface area contributed by atoms with Crippen LogP contribution >= 0.6 is 11.3 Å². The Balaban J connectivity index is 1.94. The van der Waals surface area contributed by atoms with E-state index in [9.17, 15) is 4.79 Å². The first-order valence-electron chi connectivity index (χ1n) is 5.72. The number of hydrogen-bond acceptors (Lipinski definition) is 5. The van der Waals surface area contributed by atoms with Crippen molar-refractivity contribution in [3.05, 3.63) is 41.8 Å². The second kappa shape index (κ2) is 4.47. The third-order valence-corrected chi connectivity index (χ3v) is 3.83. The highest BCUT2D eigenvalue weighted by Crippen LogP contribution is 2.28. The number of aryl methyl sites for hydroxylation is 1. The van der Waals surface area contributed by atoms with Gasteiger partial charge in [-0.2, -0.15) is 0 Å². The van der Waals surface area contributed by atoms with Crippen LogP contribution in [-0.4, -0.2) is 23.1 Å². The summed E-state index contributed by atoms with van der Waals surface area (Å²) in [6.45, 7) is 1.78. The summed E-state index contributed by atoms with van der Waals surface area (Å²) < 4.78 is 6.03. The third kappa shape index (κ3) is 2.10. The lowest BCUT2D eigenvalue weighted by molar-refractivity contribution is 0.0957. The van der Waals surface area contributed by atoms with Crippen LogP contribution < -0.4 is 4.90 Å². The Bertz CT molecular complexity index is 714. The monoisotopic (exact) mass is 273 g/mol. The van der Waals surface area contributed by atoms with Crippen molar-refractivity contribution >= 4 is 32.6 Å². The topological polar surface area (TPSA) is 59.2 Å². The van der Waals surface area contributed by atoms with Crippen molar-refractivity contribution in [3.63, 3.8) is 0 Å². The van der Waals surface area contributed by atoms with E-state index in [0.29, 0.717) is 10.8 Å². The maximum atomic E-state index is 12.2. The molecule has 3 rings (SSSR count). The van der Waals surface area contributed by atoms with Crippen LogP contribution in [0.2, 0.25) is 0 Å². The number of amides is 1. The van der Waals surface area contributed by atoms with Crippen LogP contribution in [0.1, 0.15) is 16.2 Å². The number of carbonyl (C=O) groups excluding carboxylic acids is 1. The van der Waals surface area contributed by atoms with Gasteiger partial charge >= 0.3 is 0 Å². The molecule has 0 aliphatic carbocycles. The average molecular weight is 273 g/mol. The van der Waals surface area contributed by atoms with Crippen LogP contribution in [0.5, 0.6) is 0 Å². The molecule has 0 saturated heterocycles. The van der Waals surface area contributed by atoms with Gasteiger partial charge in [0.25, 0.3) is 5.91 Å². The van der Waals surface area contributed by atoms with E-state index in [1.165, 1.54) is 16.2 Å². The molecule has 0 aliphatic rings. The van der Waals surface area contributed by atoms with Gasteiger partial charge in [0.1, 0.15) is 0 Å². The average Bonchev–Trinajstić information content (AvgIpc) is 3.02. The highest BCUT2D eigenvalue weighted by molar-refractivity contribution is 7.22. The molecule has 0 N–H and O–H groups in total. The van der Waals surface area contributed by atoms with Gasteiger partial charge in [-0.25, -0.2) is 4.98 Å². The highest BCUT2D eigenvalue weighted by Gasteiger charge is 2.20. The lowest BCUT2D eigenvalue weighted by atomic mass is 10.3. The first-order chi connectivity index (χ1) is 9.15. The highest BCUT2D eigenvalue weighted by atomic mass is 32.1. The Hall–Kier alpha value is -2.21. The van der Waals surface area contributed by atoms with Crippen LogP contribution in [0.15, 0.2) is 34.9 Å². The second-order valence-electron chi connectivity index (χ2n) is 4.16. The van der Waals surface area contributed by atoms with Crippen molar-refractivity contribution in [2.45, 2.75) is 6.92 Å². The molecule has 0 fully saturated rings. The van der Waals surface area contributed by atoms with Crippen molar-refractivity contribution in [1.29, 1.82) is 0 Å². The van der Waals surface area contributed by atoms with E-state index < -0.39 is 0 Å². The van der Waals surface area contributed by atoms with Gasteiger partial charge in [0, 0.05) is 13.1 Å². The Morgan fingerprint density at radius 2 is 2.16 bits per heavy atom. The number of hydrogen-bond donors (Lipinski definition) is 0. The Labute approximate surface area is 113 Å². The van der Waals surface area contributed by atoms with Crippen LogP contribution in [0.25, 0.3) is 10.2 Å². The zero-order valence-corrected chi connectivity index (χ0v) is 11.3. The lowest BCUT2D eigenvalue weighted by Crippen LogP contribution is -2.25. The molecule has 5 nitrogen and oxygen atoms in total. The van der Waals surface area contributed by atoms with Gasteiger partial charge in [0.15, 0.2) is 5.13 Å². The molecular weight excluding hydrogens is 262 g/mol. The molecule has 0 aliphatic heterocycles. The molecule has 0 atom stereocenters. The summed E-state index contributed by atoms with van der Waals surface area (Å²) in [5, 5.41) is 4.36. The number of carbonyl (C=O) groups is 1. The molecule has 19 heavy (non-hydrogen) atoms. The molecule has 1 aromatic carbocycles.